The molecule has 0 aliphatic rings. The normalized spacial score (nSPS) is 12.4. The Labute approximate surface area is 150 Å². The second-order valence-corrected chi connectivity index (χ2v) is 7.84. The van der Waals surface area contributed by atoms with Gasteiger partial charge in [0.25, 0.3) is 0 Å². The van der Waals surface area contributed by atoms with E-state index in [1.807, 2.05) is 17.8 Å². The number of aryl methyl sites for hydroxylation is 3. The van der Waals surface area contributed by atoms with E-state index in [9.17, 15) is 0 Å². The molecule has 1 aromatic carbocycles. The summed E-state index contributed by atoms with van der Waals surface area (Å²) < 4.78 is 1.95. The fourth-order valence-electron chi connectivity index (χ4n) is 2.39. The molecule has 0 atom stereocenters. The molecule has 0 N–H and O–H groups in total. The summed E-state index contributed by atoms with van der Waals surface area (Å²) in [7, 11) is 0. The molecule has 3 rings (SSSR count). The molecule has 0 fully saturated rings. The molecule has 0 radical (unpaired) electrons. The van der Waals surface area contributed by atoms with Crippen molar-refractivity contribution in [3.8, 4) is 11.3 Å². The van der Waals surface area contributed by atoms with Crippen molar-refractivity contribution in [2.24, 2.45) is 10.1 Å². The molecule has 0 unspecified atom stereocenters. The van der Waals surface area contributed by atoms with Gasteiger partial charge in [0.05, 0.1) is 11.9 Å². The molecule has 0 aliphatic carbocycles. The lowest BCUT2D eigenvalue weighted by Gasteiger charge is -2.06. The van der Waals surface area contributed by atoms with E-state index in [0.717, 1.165) is 21.9 Å². The van der Waals surface area contributed by atoms with Crippen molar-refractivity contribution in [1.29, 1.82) is 0 Å². The van der Waals surface area contributed by atoms with Gasteiger partial charge >= 0.3 is 0 Å². The maximum Gasteiger partial charge on any atom is 0.206 e. The summed E-state index contributed by atoms with van der Waals surface area (Å²) in [6.07, 6.45) is 1.92. The highest BCUT2D eigenvalue weighted by molar-refractivity contribution is 7.13. The van der Waals surface area contributed by atoms with Crippen LogP contribution in [0.25, 0.3) is 11.3 Å². The molecule has 0 saturated carbocycles. The summed E-state index contributed by atoms with van der Waals surface area (Å²) in [5.74, 6) is 0. The van der Waals surface area contributed by atoms with Crippen LogP contribution in [0.5, 0.6) is 0 Å². The molecular weight excluding hydrogens is 334 g/mol. The number of thiophene rings is 1. The number of thiazole rings is 1. The highest BCUT2D eigenvalue weighted by Gasteiger charge is 2.08. The van der Waals surface area contributed by atoms with Crippen LogP contribution in [0.1, 0.15) is 27.8 Å². The zero-order valence-electron chi connectivity index (χ0n) is 14.4. The van der Waals surface area contributed by atoms with Gasteiger partial charge in [0, 0.05) is 27.2 Å². The van der Waals surface area contributed by atoms with Crippen LogP contribution in [0.15, 0.2) is 45.8 Å². The molecule has 3 nitrogen and oxygen atoms in total. The van der Waals surface area contributed by atoms with Crippen molar-refractivity contribution in [2.45, 2.75) is 27.7 Å². The zero-order valence-corrected chi connectivity index (χ0v) is 16.0. The van der Waals surface area contributed by atoms with Crippen molar-refractivity contribution in [1.82, 2.24) is 4.68 Å². The van der Waals surface area contributed by atoms with Gasteiger partial charge in [-0.05, 0) is 57.0 Å². The molecule has 2 heterocycles. The molecule has 3 aromatic rings. The van der Waals surface area contributed by atoms with Crippen LogP contribution in [-0.4, -0.2) is 17.4 Å². The highest BCUT2D eigenvalue weighted by atomic mass is 32.1. The third kappa shape index (κ3) is 3.57. The fraction of sp³-hybridized carbons (Fsp3) is 0.263. The van der Waals surface area contributed by atoms with E-state index in [1.54, 1.807) is 22.7 Å². The van der Waals surface area contributed by atoms with Crippen LogP contribution < -0.4 is 4.80 Å². The lowest BCUT2D eigenvalue weighted by Crippen LogP contribution is -2.12. The van der Waals surface area contributed by atoms with Crippen LogP contribution in [0, 0.1) is 20.8 Å². The SMILES string of the molecule is CCN=c1scc(-c2ccc(C)c(C)c2)n1N=Cc1ccc(C)s1. The number of hydrogen-bond donors (Lipinski definition) is 0. The first-order chi connectivity index (χ1) is 11.6. The predicted octanol–water partition coefficient (Wildman–Crippen LogP) is 5.01. The Hall–Kier alpha value is -1.98. The lowest BCUT2D eigenvalue weighted by molar-refractivity contribution is 0.833. The van der Waals surface area contributed by atoms with Crippen molar-refractivity contribution >= 4 is 28.9 Å². The van der Waals surface area contributed by atoms with Gasteiger partial charge in [-0.25, -0.2) is 4.68 Å². The molecule has 0 spiro atoms. The van der Waals surface area contributed by atoms with Gasteiger partial charge in [-0.15, -0.1) is 22.7 Å². The Morgan fingerprint density at radius 2 is 1.92 bits per heavy atom. The van der Waals surface area contributed by atoms with Crippen molar-refractivity contribution < 1.29 is 0 Å². The number of aromatic nitrogens is 1. The van der Waals surface area contributed by atoms with E-state index in [2.05, 4.69) is 61.5 Å². The fourth-order valence-corrected chi connectivity index (χ4v) is 4.04. The molecule has 0 saturated heterocycles. The van der Waals surface area contributed by atoms with Crippen molar-refractivity contribution in [3.05, 3.63) is 61.4 Å². The number of nitrogens with zero attached hydrogens (tertiary/aromatic N) is 3. The average molecular weight is 356 g/mol. The lowest BCUT2D eigenvalue weighted by atomic mass is 10.1. The Bertz CT molecular complexity index is 942. The predicted molar refractivity (Wildman–Crippen MR) is 105 cm³/mol. The second-order valence-electron chi connectivity index (χ2n) is 5.68. The van der Waals surface area contributed by atoms with E-state index in [4.69, 9.17) is 5.10 Å². The summed E-state index contributed by atoms with van der Waals surface area (Å²) in [6.45, 7) is 9.19. The summed E-state index contributed by atoms with van der Waals surface area (Å²) in [6, 6.07) is 10.8. The van der Waals surface area contributed by atoms with Crippen LogP contribution in [0.2, 0.25) is 0 Å². The van der Waals surface area contributed by atoms with Crippen molar-refractivity contribution in [2.75, 3.05) is 6.54 Å². The maximum absolute atomic E-state index is 4.72. The summed E-state index contributed by atoms with van der Waals surface area (Å²) in [4.78, 5) is 7.95. The Morgan fingerprint density at radius 1 is 1.08 bits per heavy atom. The molecule has 0 aliphatic heterocycles. The summed E-state index contributed by atoms with van der Waals surface area (Å²) in [5, 5.41) is 6.85. The summed E-state index contributed by atoms with van der Waals surface area (Å²) >= 11 is 3.38. The second kappa shape index (κ2) is 7.28. The Balaban J connectivity index is 2.08. The van der Waals surface area contributed by atoms with Gasteiger partial charge in [0.2, 0.25) is 4.80 Å². The minimum Gasteiger partial charge on any atom is -0.258 e. The standard InChI is InChI=1S/C19H21N3S2/c1-5-20-19-22(21-11-17-9-7-15(4)24-17)18(12-23-19)16-8-6-13(2)14(3)10-16/h6-12H,5H2,1-4H3. The smallest absolute Gasteiger partial charge is 0.206 e. The van der Waals surface area contributed by atoms with Gasteiger partial charge < -0.3 is 0 Å². The van der Waals surface area contributed by atoms with Crippen LogP contribution in [0.3, 0.4) is 0 Å². The number of hydrogen-bond acceptors (Lipinski definition) is 4. The van der Waals surface area contributed by atoms with Gasteiger partial charge in [-0.1, -0.05) is 12.1 Å². The van der Waals surface area contributed by atoms with Crippen LogP contribution in [-0.2, 0) is 0 Å². The largest absolute Gasteiger partial charge is 0.258 e. The highest BCUT2D eigenvalue weighted by Crippen LogP contribution is 2.23. The first-order valence-corrected chi connectivity index (χ1v) is 9.67. The van der Waals surface area contributed by atoms with Gasteiger partial charge in [0.1, 0.15) is 0 Å². The number of rotatable bonds is 4. The van der Waals surface area contributed by atoms with E-state index in [-0.39, 0.29) is 0 Å². The van der Waals surface area contributed by atoms with Crippen LogP contribution >= 0.6 is 22.7 Å². The molecular formula is C19H21N3S2. The summed E-state index contributed by atoms with van der Waals surface area (Å²) in [5.41, 5.74) is 4.85. The molecule has 5 heteroatoms. The van der Waals surface area contributed by atoms with Gasteiger partial charge in [-0.2, -0.15) is 5.10 Å². The third-order valence-electron chi connectivity index (χ3n) is 3.84. The van der Waals surface area contributed by atoms with E-state index in [1.165, 1.54) is 21.6 Å². The van der Waals surface area contributed by atoms with E-state index in [0.29, 0.717) is 0 Å². The molecule has 124 valence electrons. The average Bonchev–Trinajstić information content (AvgIpc) is 3.15. The third-order valence-corrected chi connectivity index (χ3v) is 5.63. The Morgan fingerprint density at radius 3 is 2.58 bits per heavy atom. The zero-order chi connectivity index (χ0) is 17.1. The molecule has 24 heavy (non-hydrogen) atoms. The topological polar surface area (TPSA) is 29.6 Å². The minimum absolute atomic E-state index is 0.751. The number of benzene rings is 1. The van der Waals surface area contributed by atoms with E-state index < -0.39 is 0 Å². The van der Waals surface area contributed by atoms with Gasteiger partial charge in [-0.3, -0.25) is 4.99 Å². The first-order valence-electron chi connectivity index (χ1n) is 7.98. The maximum atomic E-state index is 4.72. The van der Waals surface area contributed by atoms with Crippen molar-refractivity contribution in [3.63, 3.8) is 0 Å². The molecule has 0 bridgehead atoms. The van der Waals surface area contributed by atoms with Crippen LogP contribution in [0.4, 0.5) is 0 Å². The van der Waals surface area contributed by atoms with Gasteiger partial charge in [0.15, 0.2) is 0 Å². The Kier molecular flexibility index (Phi) is 5.11. The molecule has 2 aromatic heterocycles. The first kappa shape index (κ1) is 16.9. The molecule has 0 amide bonds. The minimum atomic E-state index is 0.751. The monoisotopic (exact) mass is 355 g/mol. The van der Waals surface area contributed by atoms with E-state index >= 15 is 0 Å². The quantitative estimate of drug-likeness (QED) is 0.589.